The van der Waals surface area contributed by atoms with Crippen LogP contribution in [-0.4, -0.2) is 40.6 Å². The summed E-state index contributed by atoms with van der Waals surface area (Å²) in [6, 6.07) is 4.95. The Kier molecular flexibility index (Phi) is 8.13. The third-order valence-electron chi connectivity index (χ3n) is 2.59. The first-order valence-corrected chi connectivity index (χ1v) is 6.38. The molecule has 0 saturated heterocycles. The number of rotatable bonds is 10. The Morgan fingerprint density at radius 2 is 1.89 bits per heavy atom. The second-order valence-corrected chi connectivity index (χ2v) is 4.09. The van der Waals surface area contributed by atoms with Crippen LogP contribution in [0, 0.1) is 5.82 Å². The van der Waals surface area contributed by atoms with Crippen molar-refractivity contribution in [3.05, 3.63) is 29.6 Å². The highest BCUT2D eigenvalue weighted by molar-refractivity contribution is 5.34. The van der Waals surface area contributed by atoms with E-state index in [0.717, 1.165) is 18.5 Å². The SMILES string of the molecule is COCCCOc1c(F)cccc1CNCCOC. The van der Waals surface area contributed by atoms with Crippen molar-refractivity contribution in [3.8, 4) is 5.75 Å². The molecule has 4 nitrogen and oxygen atoms in total. The van der Waals surface area contributed by atoms with Gasteiger partial charge in [-0.1, -0.05) is 12.1 Å². The van der Waals surface area contributed by atoms with Gasteiger partial charge < -0.3 is 19.5 Å². The number of halogens is 1. The number of benzene rings is 1. The maximum Gasteiger partial charge on any atom is 0.165 e. The van der Waals surface area contributed by atoms with Gasteiger partial charge in [0.2, 0.25) is 0 Å². The molecule has 5 heteroatoms. The summed E-state index contributed by atoms with van der Waals surface area (Å²) in [6.45, 7) is 2.95. The predicted molar refractivity (Wildman–Crippen MR) is 72.0 cm³/mol. The van der Waals surface area contributed by atoms with Crippen LogP contribution >= 0.6 is 0 Å². The van der Waals surface area contributed by atoms with Gasteiger partial charge in [0.05, 0.1) is 13.2 Å². The molecule has 1 N–H and O–H groups in total. The summed E-state index contributed by atoms with van der Waals surface area (Å²) in [5.41, 5.74) is 0.813. The lowest BCUT2D eigenvalue weighted by Gasteiger charge is -2.13. The van der Waals surface area contributed by atoms with Crippen LogP contribution in [0.15, 0.2) is 18.2 Å². The molecule has 0 saturated carbocycles. The summed E-state index contributed by atoms with van der Waals surface area (Å²) in [6.07, 6.45) is 0.737. The van der Waals surface area contributed by atoms with Crippen molar-refractivity contribution in [1.29, 1.82) is 0 Å². The molecule has 0 aliphatic carbocycles. The average molecular weight is 271 g/mol. The molecule has 0 fully saturated rings. The van der Waals surface area contributed by atoms with Gasteiger partial charge in [0, 0.05) is 45.9 Å². The first-order valence-electron chi connectivity index (χ1n) is 6.38. The van der Waals surface area contributed by atoms with E-state index in [1.807, 2.05) is 6.07 Å². The summed E-state index contributed by atoms with van der Waals surface area (Å²) in [4.78, 5) is 0. The summed E-state index contributed by atoms with van der Waals surface area (Å²) >= 11 is 0. The summed E-state index contributed by atoms with van der Waals surface area (Å²) < 4.78 is 29.1. The highest BCUT2D eigenvalue weighted by atomic mass is 19.1. The normalized spacial score (nSPS) is 10.7. The zero-order chi connectivity index (χ0) is 13.9. The molecule has 0 aromatic heterocycles. The van der Waals surface area contributed by atoms with E-state index in [4.69, 9.17) is 14.2 Å². The molecule has 1 rings (SSSR count). The van der Waals surface area contributed by atoms with Crippen LogP contribution in [0.3, 0.4) is 0 Å². The van der Waals surface area contributed by atoms with Crippen molar-refractivity contribution in [1.82, 2.24) is 5.32 Å². The lowest BCUT2D eigenvalue weighted by molar-refractivity contribution is 0.170. The molecule has 108 valence electrons. The lowest BCUT2D eigenvalue weighted by Crippen LogP contribution is -2.19. The van der Waals surface area contributed by atoms with Crippen molar-refractivity contribution in [2.45, 2.75) is 13.0 Å². The third-order valence-corrected chi connectivity index (χ3v) is 2.59. The quantitative estimate of drug-likeness (QED) is 0.661. The largest absolute Gasteiger partial charge is 0.490 e. The van der Waals surface area contributed by atoms with Crippen LogP contribution in [0.2, 0.25) is 0 Å². The first-order chi connectivity index (χ1) is 9.29. The van der Waals surface area contributed by atoms with Gasteiger partial charge in [-0.2, -0.15) is 0 Å². The second kappa shape index (κ2) is 9.72. The number of hydrogen-bond acceptors (Lipinski definition) is 4. The fourth-order valence-corrected chi connectivity index (χ4v) is 1.63. The van der Waals surface area contributed by atoms with Gasteiger partial charge >= 0.3 is 0 Å². The van der Waals surface area contributed by atoms with Crippen molar-refractivity contribution in [2.24, 2.45) is 0 Å². The van der Waals surface area contributed by atoms with Gasteiger partial charge in [0.15, 0.2) is 11.6 Å². The molecule has 1 aromatic rings. The van der Waals surface area contributed by atoms with Crippen molar-refractivity contribution in [3.63, 3.8) is 0 Å². The molecule has 0 aliphatic rings. The number of methoxy groups -OCH3 is 2. The minimum atomic E-state index is -0.330. The Hall–Kier alpha value is -1.17. The van der Waals surface area contributed by atoms with Crippen LogP contribution in [0.4, 0.5) is 4.39 Å². The number of nitrogens with one attached hydrogen (secondary N) is 1. The molecule has 0 amide bonds. The molecule has 0 spiro atoms. The Morgan fingerprint density at radius 3 is 2.63 bits per heavy atom. The first kappa shape index (κ1) is 15.9. The van der Waals surface area contributed by atoms with E-state index in [9.17, 15) is 4.39 Å². The molecular weight excluding hydrogens is 249 g/mol. The topological polar surface area (TPSA) is 39.7 Å². The summed E-state index contributed by atoms with van der Waals surface area (Å²) in [5.74, 6) is -0.00743. The minimum Gasteiger partial charge on any atom is -0.490 e. The van der Waals surface area contributed by atoms with Gasteiger partial charge in [-0.25, -0.2) is 4.39 Å². The van der Waals surface area contributed by atoms with Gasteiger partial charge in [0.25, 0.3) is 0 Å². The highest BCUT2D eigenvalue weighted by Crippen LogP contribution is 2.22. The lowest BCUT2D eigenvalue weighted by atomic mass is 10.2. The standard InChI is InChI=1S/C14H22FNO3/c1-17-8-4-9-19-14-12(5-3-6-13(14)15)11-16-7-10-18-2/h3,5-6,16H,4,7-11H2,1-2H3. The van der Waals surface area contributed by atoms with E-state index in [1.54, 1.807) is 20.3 Å². The minimum absolute atomic E-state index is 0.323. The second-order valence-electron chi connectivity index (χ2n) is 4.09. The van der Waals surface area contributed by atoms with E-state index in [0.29, 0.717) is 32.1 Å². The maximum atomic E-state index is 13.7. The Balaban J connectivity index is 2.51. The van der Waals surface area contributed by atoms with Gasteiger partial charge in [-0.05, 0) is 6.07 Å². The van der Waals surface area contributed by atoms with Crippen LogP contribution in [0.1, 0.15) is 12.0 Å². The van der Waals surface area contributed by atoms with Crippen molar-refractivity contribution < 1.29 is 18.6 Å². The fraction of sp³-hybridized carbons (Fsp3) is 0.571. The Labute approximate surface area is 113 Å². The maximum absolute atomic E-state index is 13.7. The predicted octanol–water partition coefficient (Wildman–Crippen LogP) is 1.98. The molecule has 0 bridgehead atoms. The zero-order valence-electron chi connectivity index (χ0n) is 11.6. The average Bonchev–Trinajstić information content (AvgIpc) is 2.42. The van der Waals surface area contributed by atoms with E-state index in [-0.39, 0.29) is 5.82 Å². The Morgan fingerprint density at radius 1 is 1.11 bits per heavy atom. The number of para-hydroxylation sites is 1. The van der Waals surface area contributed by atoms with E-state index in [1.165, 1.54) is 6.07 Å². The van der Waals surface area contributed by atoms with Gasteiger partial charge in [0.1, 0.15) is 0 Å². The molecule has 0 heterocycles. The van der Waals surface area contributed by atoms with E-state index < -0.39 is 0 Å². The molecule has 1 aromatic carbocycles. The summed E-state index contributed by atoms with van der Waals surface area (Å²) in [5, 5.41) is 3.18. The van der Waals surface area contributed by atoms with Crippen LogP contribution < -0.4 is 10.1 Å². The number of ether oxygens (including phenoxy) is 3. The highest BCUT2D eigenvalue weighted by Gasteiger charge is 2.09. The van der Waals surface area contributed by atoms with Gasteiger partial charge in [-0.15, -0.1) is 0 Å². The molecule has 0 atom stereocenters. The monoisotopic (exact) mass is 271 g/mol. The fourth-order valence-electron chi connectivity index (χ4n) is 1.63. The molecule has 0 radical (unpaired) electrons. The van der Waals surface area contributed by atoms with E-state index in [2.05, 4.69) is 5.32 Å². The molecule has 19 heavy (non-hydrogen) atoms. The smallest absolute Gasteiger partial charge is 0.165 e. The molecule has 0 aliphatic heterocycles. The zero-order valence-corrected chi connectivity index (χ0v) is 11.6. The third kappa shape index (κ3) is 6.00. The van der Waals surface area contributed by atoms with Crippen molar-refractivity contribution >= 4 is 0 Å². The van der Waals surface area contributed by atoms with Gasteiger partial charge in [-0.3, -0.25) is 0 Å². The molecule has 0 unspecified atom stereocenters. The van der Waals surface area contributed by atoms with Crippen molar-refractivity contribution in [2.75, 3.05) is 40.6 Å². The van der Waals surface area contributed by atoms with Crippen LogP contribution in [0.5, 0.6) is 5.75 Å². The summed E-state index contributed by atoms with van der Waals surface area (Å²) in [7, 11) is 3.28. The van der Waals surface area contributed by atoms with E-state index >= 15 is 0 Å². The number of hydrogen-bond donors (Lipinski definition) is 1. The van der Waals surface area contributed by atoms with Crippen LogP contribution in [-0.2, 0) is 16.0 Å². The van der Waals surface area contributed by atoms with Crippen LogP contribution in [0.25, 0.3) is 0 Å². The molecular formula is C14H22FNO3. The Bertz CT molecular complexity index is 361.